The Morgan fingerprint density at radius 2 is 1.77 bits per heavy atom. The van der Waals surface area contributed by atoms with Gasteiger partial charge >= 0.3 is 0 Å². The minimum atomic E-state index is -1.75. The van der Waals surface area contributed by atoms with Crippen molar-refractivity contribution in [1.82, 2.24) is 0 Å². The molecule has 0 aromatic heterocycles. The molecule has 6 atom stereocenters. The average molecular weight is 449 g/mol. The van der Waals surface area contributed by atoms with Gasteiger partial charge in [-0.3, -0.25) is 0 Å². The van der Waals surface area contributed by atoms with Gasteiger partial charge < -0.3 is 9.53 Å². The molecule has 0 unspecified atom stereocenters. The number of hydrogen-bond donors (Lipinski definition) is 1. The molecule has 3 fully saturated rings. The molecule has 3 saturated carbocycles. The van der Waals surface area contributed by atoms with Crippen molar-refractivity contribution in [2.75, 3.05) is 6.61 Å². The van der Waals surface area contributed by atoms with Crippen LogP contribution < -0.4 is 0 Å². The summed E-state index contributed by atoms with van der Waals surface area (Å²) in [5, 5.41) is 9.69. The Balaban J connectivity index is 1.55. The van der Waals surface area contributed by atoms with Crippen molar-refractivity contribution >= 4 is 8.32 Å². The Morgan fingerprint density at radius 1 is 1.13 bits per heavy atom. The molecule has 4 rings (SSSR count). The standard InChI is InChI=1S/C27H45FO2Si/c1-25(2,3)31(6,7)30-19-12-14-26(4)18(16-19)8-9-20-21-10-11-23(24(28)17-29)27(21,5)15-13-22(20)26/h8,19-22,29H,9-17H2,1-7H3/b24-23-/t19-,20-,21-,22-,26-,27-/m0/s1. The van der Waals surface area contributed by atoms with Gasteiger partial charge in [-0.2, -0.15) is 0 Å². The predicted molar refractivity (Wildman–Crippen MR) is 129 cm³/mol. The maximum atomic E-state index is 14.5. The summed E-state index contributed by atoms with van der Waals surface area (Å²) in [7, 11) is -1.75. The first-order valence-electron chi connectivity index (χ1n) is 12.7. The first kappa shape index (κ1) is 23.7. The second-order valence-electron chi connectivity index (χ2n) is 13.0. The first-order chi connectivity index (χ1) is 14.3. The third-order valence-electron chi connectivity index (χ3n) is 10.6. The van der Waals surface area contributed by atoms with Gasteiger partial charge in [-0.05, 0) is 104 Å². The maximum absolute atomic E-state index is 14.5. The molecule has 2 nitrogen and oxygen atoms in total. The summed E-state index contributed by atoms with van der Waals surface area (Å²) in [6.45, 7) is 16.1. The Morgan fingerprint density at radius 3 is 2.42 bits per heavy atom. The third kappa shape index (κ3) is 3.73. The summed E-state index contributed by atoms with van der Waals surface area (Å²) < 4.78 is 21.3. The molecule has 0 heterocycles. The predicted octanol–water partition coefficient (Wildman–Crippen LogP) is 7.56. The van der Waals surface area contributed by atoms with Gasteiger partial charge in [0.05, 0.1) is 6.61 Å². The van der Waals surface area contributed by atoms with Gasteiger partial charge in [-0.25, -0.2) is 4.39 Å². The smallest absolute Gasteiger partial charge is 0.192 e. The van der Waals surface area contributed by atoms with E-state index in [-0.39, 0.29) is 16.3 Å². The van der Waals surface area contributed by atoms with Gasteiger partial charge in [0.2, 0.25) is 0 Å². The molecule has 0 aliphatic heterocycles. The molecule has 176 valence electrons. The molecule has 0 amide bonds. The van der Waals surface area contributed by atoms with E-state index in [1.807, 2.05) is 0 Å². The molecule has 0 aromatic carbocycles. The van der Waals surface area contributed by atoms with Gasteiger partial charge in [-0.15, -0.1) is 0 Å². The summed E-state index contributed by atoms with van der Waals surface area (Å²) >= 11 is 0. The van der Waals surface area contributed by atoms with Crippen LogP contribution in [0.2, 0.25) is 18.1 Å². The van der Waals surface area contributed by atoms with Crippen LogP contribution in [0.25, 0.3) is 0 Å². The molecule has 0 spiro atoms. The van der Waals surface area contributed by atoms with Crippen molar-refractivity contribution in [2.45, 2.75) is 110 Å². The van der Waals surface area contributed by atoms with Crippen molar-refractivity contribution in [2.24, 2.45) is 28.6 Å². The lowest BCUT2D eigenvalue weighted by atomic mass is 9.48. The van der Waals surface area contributed by atoms with Crippen LogP contribution in [0.4, 0.5) is 4.39 Å². The lowest BCUT2D eigenvalue weighted by Gasteiger charge is -2.58. The molecule has 0 bridgehead atoms. The second kappa shape index (κ2) is 7.80. The van der Waals surface area contributed by atoms with E-state index in [4.69, 9.17) is 4.43 Å². The fourth-order valence-corrected chi connectivity index (χ4v) is 9.06. The van der Waals surface area contributed by atoms with Crippen LogP contribution >= 0.6 is 0 Å². The largest absolute Gasteiger partial charge is 0.414 e. The molecule has 1 N–H and O–H groups in total. The molecule has 0 radical (unpaired) electrons. The van der Waals surface area contributed by atoms with E-state index in [1.165, 1.54) is 19.3 Å². The van der Waals surface area contributed by atoms with Crippen molar-refractivity contribution in [3.05, 3.63) is 23.0 Å². The number of rotatable bonds is 3. The number of allylic oxidation sites excluding steroid dienone is 2. The number of halogens is 1. The molecular weight excluding hydrogens is 403 g/mol. The van der Waals surface area contributed by atoms with Crippen LogP contribution in [0.15, 0.2) is 23.0 Å². The minimum Gasteiger partial charge on any atom is -0.414 e. The van der Waals surface area contributed by atoms with E-state index in [9.17, 15) is 9.50 Å². The lowest BCUT2D eigenvalue weighted by molar-refractivity contribution is -0.0261. The Bertz CT molecular complexity index is 779. The van der Waals surface area contributed by atoms with E-state index < -0.39 is 14.9 Å². The molecule has 0 aromatic rings. The van der Waals surface area contributed by atoms with Crippen molar-refractivity contribution < 1.29 is 13.9 Å². The van der Waals surface area contributed by atoms with Crippen LogP contribution in [0.5, 0.6) is 0 Å². The summed E-state index contributed by atoms with van der Waals surface area (Å²) in [5.41, 5.74) is 2.84. The maximum Gasteiger partial charge on any atom is 0.192 e. The van der Waals surface area contributed by atoms with Crippen molar-refractivity contribution in [3.63, 3.8) is 0 Å². The van der Waals surface area contributed by atoms with E-state index in [0.29, 0.717) is 23.4 Å². The Labute approximate surface area is 190 Å². The highest BCUT2D eigenvalue weighted by atomic mass is 28.4. The highest BCUT2D eigenvalue weighted by Crippen LogP contribution is 2.66. The first-order valence-corrected chi connectivity index (χ1v) is 15.6. The molecule has 31 heavy (non-hydrogen) atoms. The third-order valence-corrected chi connectivity index (χ3v) is 15.1. The van der Waals surface area contributed by atoms with Crippen LogP contribution in [0, 0.1) is 28.6 Å². The van der Waals surface area contributed by atoms with Gasteiger partial charge in [0.15, 0.2) is 8.32 Å². The monoisotopic (exact) mass is 448 g/mol. The lowest BCUT2D eigenvalue weighted by Crippen LogP contribution is -2.51. The van der Waals surface area contributed by atoms with Gasteiger partial charge in [-0.1, -0.05) is 46.3 Å². The highest BCUT2D eigenvalue weighted by molar-refractivity contribution is 6.74. The number of aliphatic hydroxyl groups is 1. The second-order valence-corrected chi connectivity index (χ2v) is 17.8. The molecule has 4 aliphatic rings. The van der Waals surface area contributed by atoms with E-state index >= 15 is 0 Å². The SMILES string of the molecule is CC(C)(C)[Si](C)(C)O[C@H]1CC[C@@]2(C)C(=CC[C@@H]3[C@@H]2CC[C@]2(C)/C(=C(\F)CO)CC[C@@H]32)C1. The van der Waals surface area contributed by atoms with Crippen molar-refractivity contribution in [1.29, 1.82) is 0 Å². The molecule has 4 aliphatic carbocycles. The summed E-state index contributed by atoms with van der Waals surface area (Å²) in [5.74, 6) is 1.70. The zero-order valence-electron chi connectivity index (χ0n) is 21.0. The number of hydrogen-bond acceptors (Lipinski definition) is 2. The average Bonchev–Trinajstić information content (AvgIpc) is 3.04. The summed E-state index contributed by atoms with van der Waals surface area (Å²) in [4.78, 5) is 0. The van der Waals surface area contributed by atoms with Gasteiger partial charge in [0, 0.05) is 6.10 Å². The van der Waals surface area contributed by atoms with Crippen molar-refractivity contribution in [3.8, 4) is 0 Å². The van der Waals surface area contributed by atoms with Crippen LogP contribution in [-0.2, 0) is 4.43 Å². The van der Waals surface area contributed by atoms with Crippen LogP contribution in [0.1, 0.15) is 86.0 Å². The van der Waals surface area contributed by atoms with E-state index in [0.717, 1.165) is 43.6 Å². The highest BCUT2D eigenvalue weighted by Gasteiger charge is 2.58. The zero-order chi connectivity index (χ0) is 22.8. The minimum absolute atomic E-state index is 0.0433. The van der Waals surface area contributed by atoms with Gasteiger partial charge in [0.25, 0.3) is 0 Å². The Hall–Kier alpha value is -0.453. The molecule has 4 heteroatoms. The Kier molecular flexibility index (Phi) is 5.97. The zero-order valence-corrected chi connectivity index (χ0v) is 22.0. The molecular formula is C27H45FO2Si. The number of aliphatic hydroxyl groups excluding tert-OH is 1. The summed E-state index contributed by atoms with van der Waals surface area (Å²) in [6, 6.07) is 0. The number of fused-ring (bicyclic) bond motifs is 5. The van der Waals surface area contributed by atoms with Gasteiger partial charge in [0.1, 0.15) is 5.83 Å². The topological polar surface area (TPSA) is 29.5 Å². The quantitative estimate of drug-likeness (QED) is 0.356. The van der Waals surface area contributed by atoms with E-state index in [1.54, 1.807) is 5.57 Å². The van der Waals surface area contributed by atoms with E-state index in [2.05, 4.69) is 53.8 Å². The van der Waals surface area contributed by atoms with Crippen LogP contribution in [0.3, 0.4) is 0 Å². The summed E-state index contributed by atoms with van der Waals surface area (Å²) in [6.07, 6.45) is 11.8. The fraction of sp³-hybridized carbons (Fsp3) is 0.852. The fourth-order valence-electron chi connectivity index (χ4n) is 7.68. The molecule has 0 saturated heterocycles. The normalized spacial score (nSPS) is 42.4. The van der Waals surface area contributed by atoms with Crippen LogP contribution in [-0.4, -0.2) is 26.1 Å².